The van der Waals surface area contributed by atoms with E-state index in [1.54, 1.807) is 6.07 Å². The highest BCUT2D eigenvalue weighted by atomic mass is 19.1. The van der Waals surface area contributed by atoms with E-state index in [4.69, 9.17) is 4.42 Å². The highest BCUT2D eigenvalue weighted by Gasteiger charge is 2.26. The highest BCUT2D eigenvalue weighted by molar-refractivity contribution is 5.78. The van der Waals surface area contributed by atoms with Gasteiger partial charge in [-0.3, -0.25) is 0 Å². The first-order valence-corrected chi connectivity index (χ1v) is 5.59. The van der Waals surface area contributed by atoms with Crippen LogP contribution in [0, 0.1) is 5.82 Å². The number of aliphatic hydroxyl groups excluding tert-OH is 1. The van der Waals surface area contributed by atoms with Crippen molar-refractivity contribution in [2.75, 3.05) is 0 Å². The van der Waals surface area contributed by atoms with Crippen molar-refractivity contribution in [2.45, 2.75) is 31.3 Å². The van der Waals surface area contributed by atoms with Gasteiger partial charge >= 0.3 is 0 Å². The van der Waals surface area contributed by atoms with Crippen molar-refractivity contribution >= 4 is 11.0 Å². The first-order chi connectivity index (χ1) is 7.72. The van der Waals surface area contributed by atoms with Crippen LogP contribution in [0.5, 0.6) is 0 Å². The largest absolute Gasteiger partial charge is 0.461 e. The number of fused-ring (bicyclic) bond motifs is 1. The molecule has 3 heteroatoms. The summed E-state index contributed by atoms with van der Waals surface area (Å²) in [7, 11) is 0. The van der Waals surface area contributed by atoms with Gasteiger partial charge in [-0.2, -0.15) is 0 Å². The van der Waals surface area contributed by atoms with Crippen LogP contribution >= 0.6 is 0 Å². The third kappa shape index (κ3) is 1.61. The molecule has 1 aliphatic carbocycles. The van der Waals surface area contributed by atoms with Crippen LogP contribution in [0.1, 0.15) is 30.9 Å². The molecule has 16 heavy (non-hydrogen) atoms. The molecular formula is C13H13FO2. The molecule has 1 fully saturated rings. The van der Waals surface area contributed by atoms with Crippen molar-refractivity contribution in [2.24, 2.45) is 0 Å². The Balaban J connectivity index is 1.99. The lowest BCUT2D eigenvalue weighted by molar-refractivity contribution is 0.180. The minimum Gasteiger partial charge on any atom is -0.461 e. The van der Waals surface area contributed by atoms with Crippen LogP contribution in [0.25, 0.3) is 11.0 Å². The lowest BCUT2D eigenvalue weighted by atomic mass is 10.1. The van der Waals surface area contributed by atoms with Crippen LogP contribution in [0.2, 0.25) is 0 Å². The molecule has 0 amide bonds. The summed E-state index contributed by atoms with van der Waals surface area (Å²) in [5, 5.41) is 10.3. The van der Waals surface area contributed by atoms with Gasteiger partial charge < -0.3 is 9.52 Å². The molecule has 1 aromatic carbocycles. The molecule has 2 unspecified atom stereocenters. The van der Waals surface area contributed by atoms with Crippen LogP contribution in [0.4, 0.5) is 4.39 Å². The number of furan rings is 1. The third-order valence-electron chi connectivity index (χ3n) is 3.30. The zero-order valence-corrected chi connectivity index (χ0v) is 8.82. The maximum Gasteiger partial charge on any atom is 0.134 e. The van der Waals surface area contributed by atoms with Gasteiger partial charge in [0.2, 0.25) is 0 Å². The summed E-state index contributed by atoms with van der Waals surface area (Å²) in [6.07, 6.45) is 2.32. The maximum atomic E-state index is 13.0. The van der Waals surface area contributed by atoms with Gasteiger partial charge in [0, 0.05) is 11.3 Å². The Hall–Kier alpha value is -1.35. The highest BCUT2D eigenvalue weighted by Crippen LogP contribution is 2.37. The molecule has 1 heterocycles. The molecule has 2 aromatic rings. The number of halogens is 1. The summed E-state index contributed by atoms with van der Waals surface area (Å²) in [4.78, 5) is 0. The molecular weight excluding hydrogens is 207 g/mol. The van der Waals surface area contributed by atoms with Crippen molar-refractivity contribution in [3.8, 4) is 0 Å². The van der Waals surface area contributed by atoms with E-state index in [2.05, 4.69) is 0 Å². The van der Waals surface area contributed by atoms with Crippen molar-refractivity contribution in [3.05, 3.63) is 35.8 Å². The maximum absolute atomic E-state index is 13.0. The van der Waals surface area contributed by atoms with Crippen LogP contribution in [0.3, 0.4) is 0 Å². The second kappa shape index (κ2) is 3.59. The molecule has 0 spiro atoms. The summed E-state index contributed by atoms with van der Waals surface area (Å²) in [6, 6.07) is 6.42. The molecule has 1 saturated carbocycles. The number of aliphatic hydroxyl groups is 1. The Labute approximate surface area is 92.7 Å². The molecule has 2 atom stereocenters. The summed E-state index contributed by atoms with van der Waals surface area (Å²) >= 11 is 0. The molecule has 2 nitrogen and oxygen atoms in total. The standard InChI is InChI=1S/C13H13FO2/c14-10-2-4-12-9(5-10)7-13(16-12)8-1-3-11(15)6-8/h2,4-5,7-8,11,15H,1,3,6H2. The van der Waals surface area contributed by atoms with E-state index in [0.717, 1.165) is 36.0 Å². The zero-order chi connectivity index (χ0) is 11.1. The Morgan fingerprint density at radius 1 is 1.25 bits per heavy atom. The second-order valence-electron chi connectivity index (χ2n) is 4.49. The first-order valence-electron chi connectivity index (χ1n) is 5.59. The Morgan fingerprint density at radius 2 is 2.12 bits per heavy atom. The predicted molar refractivity (Wildman–Crippen MR) is 58.8 cm³/mol. The molecule has 1 aliphatic rings. The van der Waals surface area contributed by atoms with Gasteiger partial charge in [0.15, 0.2) is 0 Å². The second-order valence-corrected chi connectivity index (χ2v) is 4.49. The van der Waals surface area contributed by atoms with Gasteiger partial charge in [-0.25, -0.2) is 4.39 Å². The van der Waals surface area contributed by atoms with E-state index >= 15 is 0 Å². The number of hydrogen-bond acceptors (Lipinski definition) is 2. The molecule has 1 N–H and O–H groups in total. The van der Waals surface area contributed by atoms with Crippen molar-refractivity contribution in [1.29, 1.82) is 0 Å². The Morgan fingerprint density at radius 3 is 2.88 bits per heavy atom. The van der Waals surface area contributed by atoms with Crippen LogP contribution < -0.4 is 0 Å². The average Bonchev–Trinajstić information content (AvgIpc) is 2.83. The normalized spacial score (nSPS) is 25.4. The van der Waals surface area contributed by atoms with E-state index in [9.17, 15) is 9.50 Å². The van der Waals surface area contributed by atoms with Crippen molar-refractivity contribution < 1.29 is 13.9 Å². The van der Waals surface area contributed by atoms with E-state index in [1.165, 1.54) is 12.1 Å². The average molecular weight is 220 g/mol. The fourth-order valence-corrected chi connectivity index (χ4v) is 2.45. The molecule has 0 aliphatic heterocycles. The quantitative estimate of drug-likeness (QED) is 0.800. The lowest BCUT2D eigenvalue weighted by Crippen LogP contribution is -1.98. The molecule has 1 aromatic heterocycles. The van der Waals surface area contributed by atoms with E-state index in [1.807, 2.05) is 6.07 Å². The van der Waals surface area contributed by atoms with E-state index in [0.29, 0.717) is 0 Å². The smallest absolute Gasteiger partial charge is 0.134 e. The van der Waals surface area contributed by atoms with Gasteiger partial charge in [-0.15, -0.1) is 0 Å². The first kappa shape index (κ1) is 9.85. The molecule has 3 rings (SSSR count). The number of rotatable bonds is 1. The van der Waals surface area contributed by atoms with Crippen molar-refractivity contribution in [3.63, 3.8) is 0 Å². The zero-order valence-electron chi connectivity index (χ0n) is 8.82. The summed E-state index contributed by atoms with van der Waals surface area (Å²) in [5.41, 5.74) is 0.720. The number of benzene rings is 1. The van der Waals surface area contributed by atoms with Crippen LogP contribution in [0.15, 0.2) is 28.7 Å². The molecule has 0 radical (unpaired) electrons. The van der Waals surface area contributed by atoms with Gasteiger partial charge in [-0.05, 0) is 43.5 Å². The fraction of sp³-hybridized carbons (Fsp3) is 0.385. The van der Waals surface area contributed by atoms with Gasteiger partial charge in [-0.1, -0.05) is 0 Å². The van der Waals surface area contributed by atoms with Gasteiger partial charge in [0.05, 0.1) is 6.10 Å². The minimum atomic E-state index is -0.244. The fourth-order valence-electron chi connectivity index (χ4n) is 2.45. The topological polar surface area (TPSA) is 33.4 Å². The molecule has 0 saturated heterocycles. The lowest BCUT2D eigenvalue weighted by Gasteiger charge is -2.03. The van der Waals surface area contributed by atoms with Crippen LogP contribution in [-0.2, 0) is 0 Å². The predicted octanol–water partition coefficient (Wildman–Crippen LogP) is 3.20. The monoisotopic (exact) mass is 220 g/mol. The summed E-state index contributed by atoms with van der Waals surface area (Å²) in [6.45, 7) is 0. The van der Waals surface area contributed by atoms with E-state index < -0.39 is 0 Å². The van der Waals surface area contributed by atoms with Crippen molar-refractivity contribution in [1.82, 2.24) is 0 Å². The molecule has 0 bridgehead atoms. The minimum absolute atomic E-state index is 0.213. The van der Waals surface area contributed by atoms with Gasteiger partial charge in [0.25, 0.3) is 0 Å². The number of hydrogen-bond donors (Lipinski definition) is 1. The Kier molecular flexibility index (Phi) is 2.21. The summed E-state index contributed by atoms with van der Waals surface area (Å²) < 4.78 is 18.7. The third-order valence-corrected chi connectivity index (χ3v) is 3.30. The van der Waals surface area contributed by atoms with Gasteiger partial charge in [0.1, 0.15) is 17.2 Å². The Bertz CT molecular complexity index is 518. The van der Waals surface area contributed by atoms with Crippen LogP contribution in [-0.4, -0.2) is 11.2 Å². The SMILES string of the molecule is OC1CCC(c2cc3cc(F)ccc3o2)C1. The van der Waals surface area contributed by atoms with E-state index in [-0.39, 0.29) is 17.8 Å². The summed E-state index contributed by atoms with van der Waals surface area (Å²) in [5.74, 6) is 0.911. The molecule has 84 valence electrons.